The highest BCUT2D eigenvalue weighted by molar-refractivity contribution is 6.07. The molecule has 13 rings (SSSR count). The first kappa shape index (κ1) is 34.6. The van der Waals surface area contributed by atoms with Crippen molar-refractivity contribution in [2.45, 2.75) is 5.41 Å². The third-order valence-corrected chi connectivity index (χ3v) is 13.0. The van der Waals surface area contributed by atoms with Gasteiger partial charge in [-0.25, -0.2) is 15.0 Å². The average molecular weight is 790 g/mol. The van der Waals surface area contributed by atoms with Gasteiger partial charge in [0.05, 0.1) is 5.41 Å². The van der Waals surface area contributed by atoms with E-state index < -0.39 is 5.41 Å². The Balaban J connectivity index is 0.985. The summed E-state index contributed by atoms with van der Waals surface area (Å²) in [6, 6.07) is 75.6. The number of benzene rings is 9. The molecule has 2 heterocycles. The molecule has 0 saturated heterocycles. The van der Waals surface area contributed by atoms with Gasteiger partial charge in [-0.2, -0.15) is 0 Å². The van der Waals surface area contributed by atoms with Gasteiger partial charge in [0.25, 0.3) is 0 Å². The lowest BCUT2D eigenvalue weighted by Crippen LogP contribution is -2.25. The molecular formula is C58H35N3O. The van der Waals surface area contributed by atoms with Gasteiger partial charge in [0.2, 0.25) is 0 Å². The zero-order chi connectivity index (χ0) is 40.8. The molecule has 0 aliphatic heterocycles. The Bertz CT molecular complexity index is 3560. The molecule has 0 N–H and O–H groups in total. The summed E-state index contributed by atoms with van der Waals surface area (Å²) < 4.78 is 6.19. The number of hydrogen-bond acceptors (Lipinski definition) is 4. The van der Waals surface area contributed by atoms with Crippen molar-refractivity contribution >= 4 is 21.9 Å². The lowest BCUT2D eigenvalue weighted by molar-refractivity contribution is 0.669. The van der Waals surface area contributed by atoms with Crippen molar-refractivity contribution in [1.29, 1.82) is 0 Å². The lowest BCUT2D eigenvalue weighted by Gasteiger charge is -2.30. The largest absolute Gasteiger partial charge is 0.456 e. The number of aromatic nitrogens is 3. The molecule has 1 spiro atoms. The van der Waals surface area contributed by atoms with Crippen LogP contribution >= 0.6 is 0 Å². The molecule has 0 fully saturated rings. The van der Waals surface area contributed by atoms with Crippen molar-refractivity contribution < 1.29 is 4.42 Å². The predicted octanol–water partition coefficient (Wildman–Crippen LogP) is 14.4. The van der Waals surface area contributed by atoms with E-state index >= 15 is 0 Å². The Labute approximate surface area is 358 Å². The summed E-state index contributed by atoms with van der Waals surface area (Å²) in [6.07, 6.45) is 0. The standard InChI is InChI=1S/C58H35N3O/c1-2-16-36(17-3-1)55-59-56(61-57(60-55)45-24-5-4-20-40(45)38-32-33-53-47(35-38)44-23-9-13-31-52(44)62-53)39-19-14-18-37(34-39)41-26-15-30-51-54(41)46-25-8-12-29-50(46)58(51)48-27-10-6-21-42(48)43-22-7-11-28-49(43)58/h1-35H. The van der Waals surface area contributed by atoms with Crippen LogP contribution in [-0.2, 0) is 5.41 Å². The molecule has 9 aromatic carbocycles. The molecule has 288 valence electrons. The highest BCUT2D eigenvalue weighted by atomic mass is 16.3. The predicted molar refractivity (Wildman–Crippen MR) is 251 cm³/mol. The van der Waals surface area contributed by atoms with E-state index in [9.17, 15) is 0 Å². The molecule has 0 bridgehead atoms. The Morgan fingerprint density at radius 3 is 1.56 bits per heavy atom. The number of rotatable bonds is 5. The van der Waals surface area contributed by atoms with Crippen molar-refractivity contribution in [2.75, 3.05) is 0 Å². The Morgan fingerprint density at radius 1 is 0.290 bits per heavy atom. The van der Waals surface area contributed by atoms with Gasteiger partial charge >= 0.3 is 0 Å². The first-order valence-electron chi connectivity index (χ1n) is 21.1. The second-order valence-corrected chi connectivity index (χ2v) is 16.2. The summed E-state index contributed by atoms with van der Waals surface area (Å²) in [4.78, 5) is 15.7. The number of hydrogen-bond donors (Lipinski definition) is 0. The molecule has 0 radical (unpaired) electrons. The molecule has 2 aromatic heterocycles. The van der Waals surface area contributed by atoms with Crippen molar-refractivity contribution in [3.05, 3.63) is 235 Å². The minimum atomic E-state index is -0.414. The summed E-state index contributed by atoms with van der Waals surface area (Å²) >= 11 is 0. The smallest absolute Gasteiger partial charge is 0.164 e. The zero-order valence-electron chi connectivity index (χ0n) is 33.5. The van der Waals surface area contributed by atoms with Gasteiger partial charge in [-0.1, -0.05) is 188 Å². The summed E-state index contributed by atoms with van der Waals surface area (Å²) in [7, 11) is 0. The summed E-state index contributed by atoms with van der Waals surface area (Å²) in [6.45, 7) is 0. The third-order valence-electron chi connectivity index (χ3n) is 13.0. The van der Waals surface area contributed by atoms with Crippen LogP contribution in [0.25, 0.3) is 101 Å². The first-order valence-corrected chi connectivity index (χ1v) is 21.1. The molecule has 62 heavy (non-hydrogen) atoms. The van der Waals surface area contributed by atoms with E-state index in [0.717, 1.165) is 55.3 Å². The number of para-hydroxylation sites is 1. The van der Waals surface area contributed by atoms with E-state index in [2.05, 4.69) is 182 Å². The molecule has 2 aliphatic rings. The maximum Gasteiger partial charge on any atom is 0.164 e. The van der Waals surface area contributed by atoms with Crippen LogP contribution in [0.2, 0.25) is 0 Å². The van der Waals surface area contributed by atoms with E-state index in [-0.39, 0.29) is 0 Å². The maximum absolute atomic E-state index is 6.19. The van der Waals surface area contributed by atoms with Crippen LogP contribution in [0.1, 0.15) is 22.3 Å². The number of nitrogens with zero attached hydrogens (tertiary/aromatic N) is 3. The molecule has 4 heteroatoms. The second kappa shape index (κ2) is 13.4. The SMILES string of the molecule is c1ccc(-c2nc(-c3cccc(-c4cccc5c4-c4ccccc4C54c5ccccc5-c5ccccc54)c3)nc(-c3ccccc3-c3ccc4oc5ccccc5c4c3)n2)cc1. The van der Waals surface area contributed by atoms with Crippen LogP contribution in [0.5, 0.6) is 0 Å². The topological polar surface area (TPSA) is 51.8 Å². The summed E-state index contributed by atoms with van der Waals surface area (Å²) in [5.74, 6) is 1.85. The third kappa shape index (κ3) is 4.98. The van der Waals surface area contributed by atoms with Crippen LogP contribution < -0.4 is 0 Å². The highest BCUT2D eigenvalue weighted by Gasteiger charge is 2.51. The Kier molecular flexibility index (Phi) is 7.49. The minimum absolute atomic E-state index is 0.414. The fourth-order valence-corrected chi connectivity index (χ4v) is 10.4. The number of fused-ring (bicyclic) bond motifs is 13. The Hall–Kier alpha value is -8.21. The lowest BCUT2D eigenvalue weighted by atomic mass is 9.70. The van der Waals surface area contributed by atoms with Gasteiger partial charge in [0, 0.05) is 27.5 Å². The quantitative estimate of drug-likeness (QED) is 0.174. The highest BCUT2D eigenvalue weighted by Crippen LogP contribution is 2.64. The zero-order valence-corrected chi connectivity index (χ0v) is 33.5. The normalized spacial score (nSPS) is 13.0. The fourth-order valence-electron chi connectivity index (χ4n) is 10.4. The average Bonchev–Trinajstić information content (AvgIpc) is 3.98. The van der Waals surface area contributed by atoms with Gasteiger partial charge in [-0.05, 0) is 91.0 Å². The van der Waals surface area contributed by atoms with Crippen molar-refractivity contribution in [3.63, 3.8) is 0 Å². The van der Waals surface area contributed by atoms with Gasteiger partial charge < -0.3 is 4.42 Å². The monoisotopic (exact) mass is 789 g/mol. The van der Waals surface area contributed by atoms with Crippen LogP contribution in [0.4, 0.5) is 0 Å². The number of furan rings is 1. The molecule has 0 saturated carbocycles. The summed E-state index contributed by atoms with van der Waals surface area (Å²) in [5.41, 5.74) is 18.9. The van der Waals surface area contributed by atoms with E-state index in [0.29, 0.717) is 17.5 Å². The summed E-state index contributed by atoms with van der Waals surface area (Å²) in [5, 5.41) is 2.17. The van der Waals surface area contributed by atoms with Crippen LogP contribution in [0, 0.1) is 0 Å². The molecule has 0 unspecified atom stereocenters. The van der Waals surface area contributed by atoms with Gasteiger partial charge in [-0.15, -0.1) is 0 Å². The van der Waals surface area contributed by atoms with Gasteiger partial charge in [0.15, 0.2) is 17.5 Å². The molecular weight excluding hydrogens is 755 g/mol. The van der Waals surface area contributed by atoms with Crippen LogP contribution in [0.15, 0.2) is 217 Å². The van der Waals surface area contributed by atoms with Crippen LogP contribution in [-0.4, -0.2) is 15.0 Å². The van der Waals surface area contributed by atoms with Gasteiger partial charge in [-0.3, -0.25) is 0 Å². The van der Waals surface area contributed by atoms with Crippen molar-refractivity contribution in [2.24, 2.45) is 0 Å². The van der Waals surface area contributed by atoms with E-state index in [1.54, 1.807) is 0 Å². The van der Waals surface area contributed by atoms with E-state index in [1.807, 2.05) is 30.3 Å². The maximum atomic E-state index is 6.19. The molecule has 2 aliphatic carbocycles. The molecule has 0 atom stereocenters. The fraction of sp³-hybridized carbons (Fsp3) is 0.0172. The first-order chi connectivity index (χ1) is 30.7. The molecule has 0 amide bonds. The molecule has 11 aromatic rings. The van der Waals surface area contributed by atoms with E-state index in [1.165, 1.54) is 50.1 Å². The Morgan fingerprint density at radius 2 is 0.790 bits per heavy atom. The van der Waals surface area contributed by atoms with Gasteiger partial charge in [0.1, 0.15) is 11.2 Å². The minimum Gasteiger partial charge on any atom is -0.456 e. The van der Waals surface area contributed by atoms with Crippen molar-refractivity contribution in [3.8, 4) is 78.7 Å². The van der Waals surface area contributed by atoms with Crippen molar-refractivity contribution in [1.82, 2.24) is 15.0 Å². The molecule has 4 nitrogen and oxygen atoms in total. The van der Waals surface area contributed by atoms with E-state index in [4.69, 9.17) is 19.4 Å². The van der Waals surface area contributed by atoms with Crippen LogP contribution in [0.3, 0.4) is 0 Å². The second-order valence-electron chi connectivity index (χ2n) is 16.2.